The van der Waals surface area contributed by atoms with Crippen molar-refractivity contribution in [2.45, 2.75) is 13.0 Å². The Bertz CT molecular complexity index is 1020. The highest BCUT2D eigenvalue weighted by molar-refractivity contribution is 5.92. The summed E-state index contributed by atoms with van der Waals surface area (Å²) >= 11 is 0. The molecule has 0 atom stereocenters. The van der Waals surface area contributed by atoms with Crippen molar-refractivity contribution in [2.75, 3.05) is 12.4 Å². The van der Waals surface area contributed by atoms with Crippen LogP contribution in [-0.4, -0.2) is 23.4 Å². The summed E-state index contributed by atoms with van der Waals surface area (Å²) in [6.07, 6.45) is 1.87. The zero-order valence-electron chi connectivity index (χ0n) is 14.4. The number of nitrogens with zero attached hydrogens (tertiary/aromatic N) is 1. The lowest BCUT2D eigenvalue weighted by Crippen LogP contribution is -2.21. The van der Waals surface area contributed by atoms with Crippen LogP contribution in [0.3, 0.4) is 0 Å². The minimum Gasteiger partial charge on any atom is -0.359 e. The molecule has 6 nitrogen and oxygen atoms in total. The van der Waals surface area contributed by atoms with Crippen LogP contribution in [0.1, 0.15) is 5.56 Å². The van der Waals surface area contributed by atoms with E-state index < -0.39 is 0 Å². The van der Waals surface area contributed by atoms with E-state index >= 15 is 0 Å². The number of benzene rings is 2. The van der Waals surface area contributed by atoms with E-state index in [0.717, 1.165) is 5.56 Å². The quantitative estimate of drug-likeness (QED) is 0.739. The average Bonchev–Trinajstić information content (AvgIpc) is 2.64. The molecule has 2 N–H and O–H groups in total. The number of carbonyl (C=O) groups excluding carboxylic acids is 2. The van der Waals surface area contributed by atoms with E-state index in [1.54, 1.807) is 48.1 Å². The largest absolute Gasteiger partial charge is 0.359 e. The minimum atomic E-state index is -0.212. The zero-order valence-corrected chi connectivity index (χ0v) is 14.4. The fraction of sp³-hybridized carbons (Fsp3) is 0.150. The van der Waals surface area contributed by atoms with Crippen molar-refractivity contribution in [1.29, 1.82) is 0 Å². The van der Waals surface area contributed by atoms with E-state index in [1.165, 1.54) is 6.07 Å². The molecule has 3 rings (SSSR count). The average molecular weight is 349 g/mol. The molecule has 0 aliphatic rings. The molecule has 26 heavy (non-hydrogen) atoms. The van der Waals surface area contributed by atoms with Gasteiger partial charge in [-0.15, -0.1) is 0 Å². The first-order chi connectivity index (χ1) is 12.6. The van der Waals surface area contributed by atoms with Gasteiger partial charge in [0.15, 0.2) is 5.43 Å². The zero-order chi connectivity index (χ0) is 18.5. The maximum atomic E-state index is 12.4. The number of hydrogen-bond acceptors (Lipinski definition) is 3. The molecule has 0 saturated heterocycles. The van der Waals surface area contributed by atoms with Crippen LogP contribution in [0.25, 0.3) is 10.9 Å². The Balaban J connectivity index is 1.76. The second kappa shape index (κ2) is 7.65. The second-order valence-corrected chi connectivity index (χ2v) is 5.92. The van der Waals surface area contributed by atoms with Gasteiger partial charge in [-0.1, -0.05) is 24.3 Å². The number of amides is 2. The van der Waals surface area contributed by atoms with Gasteiger partial charge in [0.05, 0.1) is 11.9 Å². The highest BCUT2D eigenvalue weighted by atomic mass is 16.2. The van der Waals surface area contributed by atoms with Crippen LogP contribution >= 0.6 is 0 Å². The number of anilines is 1. The van der Waals surface area contributed by atoms with Gasteiger partial charge in [-0.3, -0.25) is 14.4 Å². The Hall–Kier alpha value is -3.41. The molecule has 2 aromatic carbocycles. The molecule has 132 valence electrons. The minimum absolute atomic E-state index is 0.0702. The van der Waals surface area contributed by atoms with E-state index in [0.29, 0.717) is 16.6 Å². The van der Waals surface area contributed by atoms with Crippen molar-refractivity contribution >= 4 is 28.4 Å². The number of likely N-dealkylation sites (N-methyl/N-ethyl adjacent to an activating group) is 1. The molecule has 1 heterocycles. The first kappa shape index (κ1) is 17.4. The van der Waals surface area contributed by atoms with Gasteiger partial charge in [-0.2, -0.15) is 0 Å². The molecule has 1 aromatic heterocycles. The van der Waals surface area contributed by atoms with Crippen LogP contribution in [0, 0.1) is 0 Å². The molecule has 6 heteroatoms. The van der Waals surface area contributed by atoms with Crippen LogP contribution in [0.15, 0.2) is 65.6 Å². The van der Waals surface area contributed by atoms with Crippen LogP contribution in [0.4, 0.5) is 5.69 Å². The fourth-order valence-electron chi connectivity index (χ4n) is 2.79. The number of fused-ring (bicyclic) bond motifs is 1. The van der Waals surface area contributed by atoms with E-state index in [4.69, 9.17) is 0 Å². The Kier molecular flexibility index (Phi) is 5.12. The lowest BCUT2D eigenvalue weighted by Gasteiger charge is -2.11. The van der Waals surface area contributed by atoms with Crippen LogP contribution < -0.4 is 16.1 Å². The summed E-state index contributed by atoms with van der Waals surface area (Å²) in [6.45, 7) is 0.0838. The van der Waals surface area contributed by atoms with Gasteiger partial charge >= 0.3 is 0 Å². The molecule has 0 aliphatic heterocycles. The molecule has 3 aromatic rings. The van der Waals surface area contributed by atoms with Gasteiger partial charge in [-0.25, -0.2) is 0 Å². The van der Waals surface area contributed by atoms with Gasteiger partial charge in [0.2, 0.25) is 11.8 Å². The number of carbonyl (C=O) groups is 2. The summed E-state index contributed by atoms with van der Waals surface area (Å²) < 4.78 is 1.74. The SMILES string of the molecule is CNC(=O)Cc1cccc(NC(=O)Cn2ccc(=O)c3ccccc32)c1. The third-order valence-electron chi connectivity index (χ3n) is 4.05. The molecular formula is C20H19N3O3. The predicted molar refractivity (Wildman–Crippen MR) is 101 cm³/mol. The molecule has 0 saturated carbocycles. The summed E-state index contributed by atoms with van der Waals surface area (Å²) in [7, 11) is 1.59. The van der Waals surface area contributed by atoms with Crippen LogP contribution in [0.2, 0.25) is 0 Å². The van der Waals surface area contributed by atoms with Gasteiger partial charge in [-0.05, 0) is 29.8 Å². The molecular weight excluding hydrogens is 330 g/mol. The van der Waals surface area contributed by atoms with Crippen molar-refractivity contribution in [3.63, 3.8) is 0 Å². The summed E-state index contributed by atoms with van der Waals surface area (Å²) in [5.41, 5.74) is 2.08. The van der Waals surface area contributed by atoms with E-state index in [1.807, 2.05) is 18.2 Å². The molecule has 0 aliphatic carbocycles. The highest BCUT2D eigenvalue weighted by Crippen LogP contribution is 2.13. The van der Waals surface area contributed by atoms with Crippen molar-refractivity contribution in [2.24, 2.45) is 0 Å². The molecule has 0 radical (unpaired) electrons. The summed E-state index contributed by atoms with van der Waals surface area (Å²) in [6, 6.07) is 15.8. The van der Waals surface area contributed by atoms with Gasteiger partial charge in [0.25, 0.3) is 0 Å². The van der Waals surface area contributed by atoms with Crippen molar-refractivity contribution in [3.05, 3.63) is 76.6 Å². The maximum absolute atomic E-state index is 12.4. The predicted octanol–water partition coefficient (Wildman–Crippen LogP) is 1.93. The lowest BCUT2D eigenvalue weighted by atomic mass is 10.1. The molecule has 0 bridgehead atoms. The number of hydrogen-bond donors (Lipinski definition) is 2. The first-order valence-corrected chi connectivity index (χ1v) is 8.24. The number of aromatic nitrogens is 1. The third kappa shape index (κ3) is 3.97. The first-order valence-electron chi connectivity index (χ1n) is 8.24. The fourth-order valence-corrected chi connectivity index (χ4v) is 2.79. The Labute approximate surface area is 150 Å². The molecule has 0 unspecified atom stereocenters. The lowest BCUT2D eigenvalue weighted by molar-refractivity contribution is -0.120. The van der Waals surface area contributed by atoms with Crippen molar-refractivity contribution in [3.8, 4) is 0 Å². The van der Waals surface area contributed by atoms with E-state index in [-0.39, 0.29) is 30.2 Å². The highest BCUT2D eigenvalue weighted by Gasteiger charge is 2.08. The van der Waals surface area contributed by atoms with E-state index in [2.05, 4.69) is 10.6 Å². The molecule has 2 amide bonds. The van der Waals surface area contributed by atoms with Crippen molar-refractivity contribution < 1.29 is 9.59 Å². The number of para-hydroxylation sites is 1. The summed E-state index contributed by atoms with van der Waals surface area (Å²) in [5, 5.41) is 5.98. The van der Waals surface area contributed by atoms with Crippen molar-refractivity contribution in [1.82, 2.24) is 9.88 Å². The summed E-state index contributed by atoms with van der Waals surface area (Å²) in [4.78, 5) is 35.8. The van der Waals surface area contributed by atoms with Gasteiger partial charge < -0.3 is 15.2 Å². The summed E-state index contributed by atoms with van der Waals surface area (Å²) in [5.74, 6) is -0.302. The standard InChI is InChI=1S/C20H19N3O3/c1-21-19(25)12-14-5-4-6-15(11-14)22-20(26)13-23-10-9-18(24)16-7-2-3-8-17(16)23/h2-11H,12-13H2,1H3,(H,21,25)(H,22,26). The molecule has 0 fully saturated rings. The topological polar surface area (TPSA) is 80.2 Å². The normalized spacial score (nSPS) is 10.5. The van der Waals surface area contributed by atoms with Crippen LogP contribution in [-0.2, 0) is 22.6 Å². The Morgan fingerprint density at radius 1 is 1.00 bits per heavy atom. The number of nitrogens with one attached hydrogen (secondary N) is 2. The second-order valence-electron chi connectivity index (χ2n) is 5.92. The monoisotopic (exact) mass is 349 g/mol. The smallest absolute Gasteiger partial charge is 0.244 e. The number of pyridine rings is 1. The Morgan fingerprint density at radius 2 is 1.81 bits per heavy atom. The van der Waals surface area contributed by atoms with Crippen LogP contribution in [0.5, 0.6) is 0 Å². The van der Waals surface area contributed by atoms with E-state index in [9.17, 15) is 14.4 Å². The van der Waals surface area contributed by atoms with Gasteiger partial charge in [0, 0.05) is 30.4 Å². The number of rotatable bonds is 5. The van der Waals surface area contributed by atoms with Gasteiger partial charge in [0.1, 0.15) is 6.54 Å². The third-order valence-corrected chi connectivity index (χ3v) is 4.05. The molecule has 0 spiro atoms. The maximum Gasteiger partial charge on any atom is 0.244 e. The Morgan fingerprint density at radius 3 is 2.62 bits per heavy atom.